The standard InChI is InChI=1S/C12H8ClF2N3OS/c13-10-9(5-16)11(20-18-10)17-6-7-2-1-3-8(4-7)19-12(14)15/h1-4,12,17H,6H2. The van der Waals surface area contributed by atoms with Gasteiger partial charge in [-0.2, -0.15) is 18.4 Å². The molecule has 1 aromatic heterocycles. The molecule has 0 spiro atoms. The second-order valence-corrected chi connectivity index (χ2v) is 4.80. The highest BCUT2D eigenvalue weighted by molar-refractivity contribution is 7.10. The summed E-state index contributed by atoms with van der Waals surface area (Å²) in [6, 6.07) is 8.25. The largest absolute Gasteiger partial charge is 0.435 e. The van der Waals surface area contributed by atoms with Gasteiger partial charge in [0, 0.05) is 6.54 Å². The van der Waals surface area contributed by atoms with Crippen LogP contribution in [0.5, 0.6) is 5.75 Å². The number of hydrogen-bond acceptors (Lipinski definition) is 5. The van der Waals surface area contributed by atoms with Gasteiger partial charge in [0.05, 0.1) is 0 Å². The summed E-state index contributed by atoms with van der Waals surface area (Å²) in [5.41, 5.74) is 1.01. The summed E-state index contributed by atoms with van der Waals surface area (Å²) in [5, 5.41) is 12.6. The van der Waals surface area contributed by atoms with Crippen LogP contribution in [-0.2, 0) is 6.54 Å². The van der Waals surface area contributed by atoms with Gasteiger partial charge in [-0.05, 0) is 29.2 Å². The molecule has 0 radical (unpaired) electrons. The second kappa shape index (κ2) is 6.50. The summed E-state index contributed by atoms with van der Waals surface area (Å²) in [7, 11) is 0. The molecule has 0 saturated heterocycles. The summed E-state index contributed by atoms with van der Waals surface area (Å²) in [6.07, 6.45) is 0. The van der Waals surface area contributed by atoms with Crippen LogP contribution in [0, 0.1) is 11.3 Å². The third-order valence-electron chi connectivity index (χ3n) is 2.34. The van der Waals surface area contributed by atoms with Crippen molar-refractivity contribution in [2.24, 2.45) is 0 Å². The first kappa shape index (κ1) is 14.5. The SMILES string of the molecule is N#Cc1c(Cl)nsc1NCc1cccc(OC(F)F)c1. The maximum Gasteiger partial charge on any atom is 0.387 e. The topological polar surface area (TPSA) is 57.9 Å². The van der Waals surface area contributed by atoms with E-state index >= 15 is 0 Å². The van der Waals surface area contributed by atoms with E-state index < -0.39 is 6.61 Å². The molecule has 0 amide bonds. The fourth-order valence-electron chi connectivity index (χ4n) is 1.50. The summed E-state index contributed by atoms with van der Waals surface area (Å²) >= 11 is 6.81. The monoisotopic (exact) mass is 315 g/mol. The Morgan fingerprint density at radius 3 is 3.00 bits per heavy atom. The Morgan fingerprint density at radius 2 is 2.30 bits per heavy atom. The lowest BCUT2D eigenvalue weighted by atomic mass is 10.2. The Hall–Kier alpha value is -1.91. The van der Waals surface area contributed by atoms with E-state index in [1.165, 1.54) is 12.1 Å². The van der Waals surface area contributed by atoms with Crippen molar-refractivity contribution in [3.8, 4) is 11.8 Å². The molecule has 0 aliphatic carbocycles. The number of ether oxygens (including phenoxy) is 1. The maximum atomic E-state index is 12.1. The fraction of sp³-hybridized carbons (Fsp3) is 0.167. The highest BCUT2D eigenvalue weighted by Gasteiger charge is 2.11. The molecule has 0 atom stereocenters. The van der Waals surface area contributed by atoms with Gasteiger partial charge in [-0.25, -0.2) is 0 Å². The zero-order chi connectivity index (χ0) is 14.5. The van der Waals surface area contributed by atoms with Crippen molar-refractivity contribution in [2.45, 2.75) is 13.2 Å². The number of halogens is 3. The van der Waals surface area contributed by atoms with E-state index in [0.717, 1.165) is 17.1 Å². The van der Waals surface area contributed by atoms with Crippen molar-refractivity contribution in [1.29, 1.82) is 5.26 Å². The first-order valence-electron chi connectivity index (χ1n) is 5.43. The van der Waals surface area contributed by atoms with Crippen molar-refractivity contribution in [2.75, 3.05) is 5.32 Å². The molecule has 0 unspecified atom stereocenters. The van der Waals surface area contributed by atoms with Crippen LogP contribution in [0.3, 0.4) is 0 Å². The van der Waals surface area contributed by atoms with Gasteiger partial charge in [-0.1, -0.05) is 23.7 Å². The molecule has 8 heteroatoms. The fourth-order valence-corrected chi connectivity index (χ4v) is 2.43. The Morgan fingerprint density at radius 1 is 1.50 bits per heavy atom. The summed E-state index contributed by atoms with van der Waals surface area (Å²) in [6.45, 7) is -2.52. The predicted octanol–water partition coefficient (Wildman–Crippen LogP) is 3.88. The molecule has 4 nitrogen and oxygen atoms in total. The molecular weight excluding hydrogens is 308 g/mol. The van der Waals surface area contributed by atoms with Crippen LogP contribution in [0.4, 0.5) is 13.8 Å². The molecule has 0 fully saturated rings. The average Bonchev–Trinajstić information content (AvgIpc) is 2.76. The molecule has 20 heavy (non-hydrogen) atoms. The molecule has 2 rings (SSSR count). The second-order valence-electron chi connectivity index (χ2n) is 3.67. The van der Waals surface area contributed by atoms with Crippen LogP contribution in [0.1, 0.15) is 11.1 Å². The smallest absolute Gasteiger partial charge is 0.387 e. The number of alkyl halides is 2. The number of hydrogen-bond donors (Lipinski definition) is 1. The lowest BCUT2D eigenvalue weighted by molar-refractivity contribution is -0.0498. The molecule has 0 aliphatic heterocycles. The summed E-state index contributed by atoms with van der Waals surface area (Å²) in [4.78, 5) is 0. The van der Waals surface area contributed by atoms with E-state index in [9.17, 15) is 8.78 Å². The number of nitrogens with zero attached hydrogens (tertiary/aromatic N) is 2. The third-order valence-corrected chi connectivity index (χ3v) is 3.52. The lowest BCUT2D eigenvalue weighted by Crippen LogP contribution is -2.03. The summed E-state index contributed by atoms with van der Waals surface area (Å²) in [5.74, 6) is 0.0853. The molecular formula is C12H8ClF2N3OS. The maximum absolute atomic E-state index is 12.1. The third kappa shape index (κ3) is 3.56. The van der Waals surface area contributed by atoms with Gasteiger partial charge in [0.25, 0.3) is 0 Å². The van der Waals surface area contributed by atoms with E-state index in [2.05, 4.69) is 14.4 Å². The highest BCUT2D eigenvalue weighted by atomic mass is 35.5. The Balaban J connectivity index is 2.05. The summed E-state index contributed by atoms with van der Waals surface area (Å²) < 4.78 is 32.4. The van der Waals surface area contributed by atoms with Crippen LogP contribution in [0.2, 0.25) is 5.15 Å². The number of nitrogens with one attached hydrogen (secondary N) is 1. The van der Waals surface area contributed by atoms with Gasteiger partial charge < -0.3 is 10.1 Å². The molecule has 2 aromatic rings. The molecule has 1 aromatic carbocycles. The number of nitriles is 1. The van der Waals surface area contributed by atoms with Gasteiger partial charge in [-0.15, -0.1) is 0 Å². The van der Waals surface area contributed by atoms with Crippen LogP contribution in [-0.4, -0.2) is 11.0 Å². The van der Waals surface area contributed by atoms with Crippen molar-refractivity contribution < 1.29 is 13.5 Å². The minimum Gasteiger partial charge on any atom is -0.435 e. The van der Waals surface area contributed by atoms with Crippen LogP contribution in [0.25, 0.3) is 0 Å². The Kier molecular flexibility index (Phi) is 4.71. The van der Waals surface area contributed by atoms with Gasteiger partial charge >= 0.3 is 6.61 Å². The minimum atomic E-state index is -2.86. The van der Waals surface area contributed by atoms with Crippen molar-refractivity contribution in [3.05, 3.63) is 40.5 Å². The normalized spacial score (nSPS) is 10.3. The zero-order valence-corrected chi connectivity index (χ0v) is 11.5. The Bertz CT molecular complexity index is 642. The number of aromatic nitrogens is 1. The molecule has 0 aliphatic rings. The lowest BCUT2D eigenvalue weighted by Gasteiger charge is -2.07. The zero-order valence-electron chi connectivity index (χ0n) is 9.94. The van der Waals surface area contributed by atoms with E-state index in [1.54, 1.807) is 12.1 Å². The molecule has 0 saturated carbocycles. The minimum absolute atomic E-state index is 0.0853. The Labute approximate surface area is 122 Å². The van der Waals surface area contributed by atoms with Crippen LogP contribution >= 0.6 is 23.1 Å². The average molecular weight is 316 g/mol. The van der Waals surface area contributed by atoms with E-state index in [1.807, 2.05) is 6.07 Å². The van der Waals surface area contributed by atoms with E-state index in [-0.39, 0.29) is 16.5 Å². The first-order chi connectivity index (χ1) is 9.60. The van der Waals surface area contributed by atoms with Crippen molar-refractivity contribution in [1.82, 2.24) is 4.37 Å². The van der Waals surface area contributed by atoms with Gasteiger partial charge in [-0.3, -0.25) is 0 Å². The molecule has 0 bridgehead atoms. The number of rotatable bonds is 5. The van der Waals surface area contributed by atoms with Gasteiger partial charge in [0.2, 0.25) is 0 Å². The van der Waals surface area contributed by atoms with Crippen molar-refractivity contribution in [3.63, 3.8) is 0 Å². The molecule has 104 valence electrons. The molecule has 1 heterocycles. The van der Waals surface area contributed by atoms with Crippen molar-refractivity contribution >= 4 is 28.1 Å². The predicted molar refractivity (Wildman–Crippen MR) is 72.2 cm³/mol. The molecule has 1 N–H and O–H groups in total. The quantitative estimate of drug-likeness (QED) is 0.909. The van der Waals surface area contributed by atoms with Crippen LogP contribution < -0.4 is 10.1 Å². The van der Waals surface area contributed by atoms with Gasteiger partial charge in [0.1, 0.15) is 22.4 Å². The first-order valence-corrected chi connectivity index (χ1v) is 6.58. The highest BCUT2D eigenvalue weighted by Crippen LogP contribution is 2.28. The van der Waals surface area contributed by atoms with Crippen LogP contribution in [0.15, 0.2) is 24.3 Å². The number of benzene rings is 1. The van der Waals surface area contributed by atoms with Gasteiger partial charge in [0.15, 0.2) is 5.15 Å². The number of anilines is 1. The van der Waals surface area contributed by atoms with E-state index in [0.29, 0.717) is 11.5 Å². The van der Waals surface area contributed by atoms with E-state index in [4.69, 9.17) is 16.9 Å².